The summed E-state index contributed by atoms with van der Waals surface area (Å²) in [6, 6.07) is 0. The first-order valence-electron chi connectivity index (χ1n) is 38.0. The Morgan fingerprint density at radius 3 is 1.12 bits per heavy atom. The van der Waals surface area contributed by atoms with Gasteiger partial charge < -0.3 is 89.1 Å². The van der Waals surface area contributed by atoms with Crippen LogP contribution in [-0.2, 0) is 61.2 Å². The SMILES string of the molecule is CCCCCCCCC/C=C\CCCCCC(=O)OC(COC(=O)CCCCCCCCCCCCCCCCCC)COP(=O)(O)OC1C(OC2OC(CO)C(O)C(O)C2O)C(O)C(O)C(O)C1OC1OC(COC(=O)CCCCCCCCCCCCCC)C(O)C(O)C1O. The van der Waals surface area contributed by atoms with Crippen molar-refractivity contribution in [2.45, 2.75) is 401 Å². The summed E-state index contributed by atoms with van der Waals surface area (Å²) in [5, 5.41) is 110. The molecule has 2 saturated heterocycles. The summed E-state index contributed by atoms with van der Waals surface area (Å²) in [6.07, 6.45) is 12.8. The van der Waals surface area contributed by atoms with Gasteiger partial charge in [0.2, 0.25) is 0 Å². The second-order valence-electron chi connectivity index (χ2n) is 27.4. The number of phosphoric acid groups is 1. The summed E-state index contributed by atoms with van der Waals surface area (Å²) in [6.45, 7) is 3.44. The van der Waals surface area contributed by atoms with Gasteiger partial charge in [-0.3, -0.25) is 23.4 Å². The topological polar surface area (TPSA) is 374 Å². The number of phosphoric ester groups is 1. The van der Waals surface area contributed by atoms with Gasteiger partial charge in [0, 0.05) is 19.3 Å². The number of rotatable bonds is 59. The smallest absolute Gasteiger partial charge is 0.463 e. The molecule has 0 spiro atoms. The van der Waals surface area contributed by atoms with E-state index in [1.165, 1.54) is 148 Å². The molecule has 1 saturated carbocycles. The van der Waals surface area contributed by atoms with E-state index in [4.69, 9.17) is 42.2 Å². The third-order valence-electron chi connectivity index (χ3n) is 18.8. The lowest BCUT2D eigenvalue weighted by Gasteiger charge is -2.49. The van der Waals surface area contributed by atoms with E-state index >= 15 is 0 Å². The summed E-state index contributed by atoms with van der Waals surface area (Å²) >= 11 is 0. The highest BCUT2D eigenvalue weighted by molar-refractivity contribution is 7.47. The van der Waals surface area contributed by atoms with Crippen LogP contribution < -0.4 is 0 Å². The zero-order chi connectivity index (χ0) is 71.1. The maximum absolute atomic E-state index is 14.3. The van der Waals surface area contributed by atoms with Crippen LogP contribution in [-0.4, -0.2) is 204 Å². The lowest BCUT2D eigenvalue weighted by atomic mass is 9.84. The molecule has 11 N–H and O–H groups in total. The molecule has 18 atom stereocenters. The zero-order valence-electron chi connectivity index (χ0n) is 59.4. The number of carbonyl (C=O) groups is 3. The second-order valence-corrected chi connectivity index (χ2v) is 28.8. The number of hydrogen-bond donors (Lipinski definition) is 11. The summed E-state index contributed by atoms with van der Waals surface area (Å²) in [5.41, 5.74) is 0. The largest absolute Gasteiger partial charge is 0.472 e. The second kappa shape index (κ2) is 54.4. The summed E-state index contributed by atoms with van der Waals surface area (Å²) in [4.78, 5) is 51.0. The van der Waals surface area contributed by atoms with Crippen LogP contribution in [0.4, 0.5) is 0 Å². The molecule has 0 amide bonds. The van der Waals surface area contributed by atoms with Crippen molar-refractivity contribution in [2.75, 3.05) is 26.4 Å². The number of hydrogen-bond acceptors (Lipinski definition) is 23. The minimum atomic E-state index is -5.70. The first-order valence-corrected chi connectivity index (χ1v) is 39.5. The molecule has 2 aliphatic heterocycles. The maximum atomic E-state index is 14.3. The van der Waals surface area contributed by atoms with Gasteiger partial charge in [-0.05, 0) is 44.9 Å². The van der Waals surface area contributed by atoms with Crippen LogP contribution in [0.1, 0.15) is 297 Å². The molecule has 24 nitrogen and oxygen atoms in total. The third-order valence-corrected chi connectivity index (χ3v) is 19.8. The van der Waals surface area contributed by atoms with Gasteiger partial charge in [-0.1, -0.05) is 245 Å². The summed E-state index contributed by atoms with van der Waals surface area (Å²) in [7, 11) is -5.70. The summed E-state index contributed by atoms with van der Waals surface area (Å²) in [5.74, 6) is -2.00. The van der Waals surface area contributed by atoms with Crippen LogP contribution in [0.3, 0.4) is 0 Å². The minimum Gasteiger partial charge on any atom is -0.463 e. The number of carbonyl (C=O) groups excluding carboxylic acids is 3. The maximum Gasteiger partial charge on any atom is 0.472 e. The van der Waals surface area contributed by atoms with E-state index in [0.717, 1.165) is 83.5 Å². The first-order chi connectivity index (χ1) is 46.8. The molecule has 25 heteroatoms. The molecule has 1 aliphatic carbocycles. The van der Waals surface area contributed by atoms with Crippen LogP contribution in [0.25, 0.3) is 0 Å². The standard InChI is InChI=1S/C72H133O24P/c1-4-7-10-13-16-19-22-25-27-28-30-32-35-37-40-43-46-56(74)88-50-53(91-58(76)48-45-42-39-36-33-29-26-23-20-17-14-11-8-5-2)51-90-97(86,87)96-70-68(94-71-66(84)61(79)59(77)54(49-73)92-71)64(82)63(81)65(83)69(70)95-72-67(85)62(80)60(78)55(93-72)52-89-57(75)47-44-41-38-34-31-24-21-18-15-12-9-6-3/h29,33,53-55,59-73,77-85H,4-28,30-32,34-52H2,1-3H3,(H,86,87)/b33-29-. The van der Waals surface area contributed by atoms with Crippen molar-refractivity contribution in [3.8, 4) is 0 Å². The number of aliphatic hydroxyl groups excluding tert-OH is 10. The van der Waals surface area contributed by atoms with Gasteiger partial charge in [-0.15, -0.1) is 0 Å². The Hall–Kier alpha value is -2.30. The van der Waals surface area contributed by atoms with Gasteiger partial charge >= 0.3 is 25.7 Å². The minimum absolute atomic E-state index is 0.0314. The lowest BCUT2D eigenvalue weighted by molar-refractivity contribution is -0.360. The van der Waals surface area contributed by atoms with E-state index in [0.29, 0.717) is 25.7 Å². The molecule has 97 heavy (non-hydrogen) atoms. The van der Waals surface area contributed by atoms with E-state index in [1.807, 2.05) is 0 Å². The van der Waals surface area contributed by atoms with Crippen molar-refractivity contribution in [2.24, 2.45) is 0 Å². The fourth-order valence-corrected chi connectivity index (χ4v) is 13.5. The van der Waals surface area contributed by atoms with E-state index < -0.39 is 156 Å². The van der Waals surface area contributed by atoms with E-state index in [2.05, 4.69) is 32.9 Å². The fourth-order valence-electron chi connectivity index (χ4n) is 12.6. The Balaban J connectivity index is 1.74. The van der Waals surface area contributed by atoms with Crippen LogP contribution >= 0.6 is 7.82 Å². The predicted octanol–water partition coefficient (Wildman–Crippen LogP) is 10.4. The van der Waals surface area contributed by atoms with Gasteiger partial charge in [-0.2, -0.15) is 0 Å². The van der Waals surface area contributed by atoms with Gasteiger partial charge in [0.05, 0.1) is 13.2 Å². The first kappa shape index (κ1) is 88.9. The number of unbranched alkanes of at least 4 members (excludes halogenated alkanes) is 36. The van der Waals surface area contributed by atoms with Crippen molar-refractivity contribution in [3.05, 3.63) is 12.2 Å². The van der Waals surface area contributed by atoms with Gasteiger partial charge in [0.25, 0.3) is 0 Å². The molecule has 3 fully saturated rings. The summed E-state index contributed by atoms with van der Waals surface area (Å²) < 4.78 is 65.0. The highest BCUT2D eigenvalue weighted by Gasteiger charge is 2.58. The van der Waals surface area contributed by atoms with Crippen molar-refractivity contribution < 1.29 is 117 Å². The Morgan fingerprint density at radius 2 is 0.722 bits per heavy atom. The fraction of sp³-hybridized carbons (Fsp3) is 0.931. The molecule has 570 valence electrons. The van der Waals surface area contributed by atoms with Crippen molar-refractivity contribution >= 4 is 25.7 Å². The molecule has 0 bridgehead atoms. The van der Waals surface area contributed by atoms with Gasteiger partial charge in [0.15, 0.2) is 18.7 Å². The van der Waals surface area contributed by atoms with E-state index in [1.54, 1.807) is 0 Å². The number of aliphatic hydroxyl groups is 10. The molecule has 18 unspecified atom stereocenters. The number of esters is 3. The highest BCUT2D eigenvalue weighted by Crippen LogP contribution is 2.49. The lowest BCUT2D eigenvalue weighted by Crippen LogP contribution is -2.69. The predicted molar refractivity (Wildman–Crippen MR) is 365 cm³/mol. The molecule has 3 aliphatic rings. The Kier molecular flexibility index (Phi) is 49.8. The molecule has 0 aromatic rings. The van der Waals surface area contributed by atoms with Crippen molar-refractivity contribution in [3.63, 3.8) is 0 Å². The molecule has 3 rings (SSSR count). The quantitative estimate of drug-likeness (QED) is 0.00886. The molecule has 2 heterocycles. The van der Waals surface area contributed by atoms with E-state index in [-0.39, 0.29) is 19.3 Å². The normalized spacial score (nSPS) is 27.8. The Labute approximate surface area is 580 Å². The molecule has 0 aromatic heterocycles. The third kappa shape index (κ3) is 37.6. The van der Waals surface area contributed by atoms with Crippen LogP contribution in [0.15, 0.2) is 12.2 Å². The van der Waals surface area contributed by atoms with Crippen molar-refractivity contribution in [1.29, 1.82) is 0 Å². The average Bonchev–Trinajstić information content (AvgIpc) is 0.764. The van der Waals surface area contributed by atoms with Gasteiger partial charge in [-0.25, -0.2) is 4.57 Å². The molecule has 0 aromatic carbocycles. The van der Waals surface area contributed by atoms with Crippen LogP contribution in [0.5, 0.6) is 0 Å². The van der Waals surface area contributed by atoms with Crippen molar-refractivity contribution in [1.82, 2.24) is 0 Å². The highest BCUT2D eigenvalue weighted by atomic mass is 31.2. The van der Waals surface area contributed by atoms with Crippen LogP contribution in [0.2, 0.25) is 0 Å². The Morgan fingerprint density at radius 1 is 0.392 bits per heavy atom. The van der Waals surface area contributed by atoms with Crippen LogP contribution in [0, 0.1) is 0 Å². The van der Waals surface area contributed by atoms with Gasteiger partial charge in [0.1, 0.15) is 98.7 Å². The zero-order valence-corrected chi connectivity index (χ0v) is 60.3. The van der Waals surface area contributed by atoms with E-state index in [9.17, 15) is 74.9 Å². The average molecular weight is 1410 g/mol. The monoisotopic (exact) mass is 1410 g/mol. The molecular formula is C72H133O24P. The molecule has 0 radical (unpaired) electrons. The number of allylic oxidation sites excluding steroid dienone is 2. The molecular weight excluding hydrogens is 1280 g/mol. The Bertz CT molecular complexity index is 2060. The number of ether oxygens (including phenoxy) is 7.